The van der Waals surface area contributed by atoms with E-state index in [1.165, 1.54) is 21.3 Å². The molecule has 0 aliphatic carbocycles. The van der Waals surface area contributed by atoms with Crippen LogP contribution in [0.4, 0.5) is 5.13 Å². The smallest absolute Gasteiger partial charge is 0.337 e. The van der Waals surface area contributed by atoms with E-state index in [1.807, 2.05) is 20.8 Å². The van der Waals surface area contributed by atoms with Crippen molar-refractivity contribution in [3.63, 3.8) is 0 Å². The molecule has 9 nitrogen and oxygen atoms in total. The number of thiophene rings is 1. The third-order valence-electron chi connectivity index (χ3n) is 3.79. The van der Waals surface area contributed by atoms with E-state index in [1.54, 1.807) is 0 Å². The summed E-state index contributed by atoms with van der Waals surface area (Å²) in [6.07, 6.45) is 0.710. The SMILES string of the molecule is CCc1nnc(NC(=O)Cn2c(C(C)C)nc3scc(C(=O)O)c3c2=O)s1. The van der Waals surface area contributed by atoms with Crippen LogP contribution in [0.5, 0.6) is 0 Å². The van der Waals surface area contributed by atoms with Gasteiger partial charge in [0.25, 0.3) is 5.56 Å². The first-order chi connectivity index (χ1) is 12.8. The van der Waals surface area contributed by atoms with Crippen LogP contribution in [0.2, 0.25) is 0 Å². The summed E-state index contributed by atoms with van der Waals surface area (Å²) in [4.78, 5) is 41.5. The normalized spacial score (nSPS) is 11.3. The Labute approximate surface area is 161 Å². The molecule has 1 amide bonds. The second-order valence-corrected chi connectivity index (χ2v) is 7.97. The van der Waals surface area contributed by atoms with Crippen LogP contribution < -0.4 is 10.9 Å². The maximum Gasteiger partial charge on any atom is 0.337 e. The van der Waals surface area contributed by atoms with E-state index in [2.05, 4.69) is 20.5 Å². The molecule has 3 heterocycles. The van der Waals surface area contributed by atoms with Crippen LogP contribution in [-0.2, 0) is 17.8 Å². The zero-order valence-electron chi connectivity index (χ0n) is 14.8. The van der Waals surface area contributed by atoms with Crippen LogP contribution in [0.25, 0.3) is 10.2 Å². The fourth-order valence-electron chi connectivity index (χ4n) is 2.54. The number of nitrogens with one attached hydrogen (secondary N) is 1. The number of hydrogen-bond acceptors (Lipinski definition) is 8. The number of aryl methyl sites for hydroxylation is 1. The maximum absolute atomic E-state index is 12.9. The Kier molecular flexibility index (Phi) is 5.33. The fraction of sp³-hybridized carbons (Fsp3) is 0.375. The average Bonchev–Trinajstić information content (AvgIpc) is 3.23. The highest BCUT2D eigenvalue weighted by molar-refractivity contribution is 7.17. The summed E-state index contributed by atoms with van der Waals surface area (Å²) in [6, 6.07) is 0. The molecule has 0 spiro atoms. The molecule has 0 saturated carbocycles. The van der Waals surface area contributed by atoms with Gasteiger partial charge < -0.3 is 5.11 Å². The van der Waals surface area contributed by atoms with Crippen molar-refractivity contribution in [2.24, 2.45) is 0 Å². The lowest BCUT2D eigenvalue weighted by Gasteiger charge is -2.14. The largest absolute Gasteiger partial charge is 0.478 e. The average molecular weight is 407 g/mol. The number of anilines is 1. The van der Waals surface area contributed by atoms with Gasteiger partial charge in [-0.1, -0.05) is 32.1 Å². The van der Waals surface area contributed by atoms with E-state index >= 15 is 0 Å². The van der Waals surface area contributed by atoms with Crippen molar-refractivity contribution in [2.75, 3.05) is 5.32 Å². The van der Waals surface area contributed by atoms with Gasteiger partial charge in [-0.2, -0.15) is 0 Å². The number of carboxylic acid groups (broad SMARTS) is 1. The summed E-state index contributed by atoms with van der Waals surface area (Å²) in [5.41, 5.74) is -0.641. The minimum absolute atomic E-state index is 0.0221. The standard InChI is InChI=1S/C16H17N5O4S2/c1-4-10-19-20-16(27-10)17-9(22)5-21-12(7(2)3)18-13-11(14(21)23)8(6-26-13)15(24)25/h6-7H,4-5H2,1-3H3,(H,24,25)(H,17,20,22). The van der Waals surface area contributed by atoms with Crippen molar-refractivity contribution in [1.29, 1.82) is 0 Å². The van der Waals surface area contributed by atoms with Crippen LogP contribution in [0.3, 0.4) is 0 Å². The molecule has 11 heteroatoms. The van der Waals surface area contributed by atoms with E-state index in [0.717, 1.165) is 16.3 Å². The van der Waals surface area contributed by atoms with Crippen molar-refractivity contribution in [2.45, 2.75) is 39.7 Å². The van der Waals surface area contributed by atoms with Gasteiger partial charge in [-0.15, -0.1) is 21.5 Å². The van der Waals surface area contributed by atoms with Gasteiger partial charge in [0.15, 0.2) is 0 Å². The number of carbonyl (C=O) groups is 2. The van der Waals surface area contributed by atoms with E-state index in [9.17, 15) is 19.5 Å². The van der Waals surface area contributed by atoms with Gasteiger partial charge in [-0.05, 0) is 6.42 Å². The Balaban J connectivity index is 2.00. The molecule has 3 aromatic rings. The minimum Gasteiger partial charge on any atom is -0.478 e. The summed E-state index contributed by atoms with van der Waals surface area (Å²) >= 11 is 2.36. The molecular weight excluding hydrogens is 390 g/mol. The van der Waals surface area contributed by atoms with Gasteiger partial charge >= 0.3 is 5.97 Å². The number of nitrogens with zero attached hydrogens (tertiary/aromatic N) is 4. The van der Waals surface area contributed by atoms with Gasteiger partial charge in [-0.3, -0.25) is 19.5 Å². The molecule has 0 saturated heterocycles. The molecule has 0 unspecified atom stereocenters. The molecule has 142 valence electrons. The van der Waals surface area contributed by atoms with Crippen LogP contribution in [0.1, 0.15) is 47.9 Å². The highest BCUT2D eigenvalue weighted by Gasteiger charge is 2.22. The zero-order valence-corrected chi connectivity index (χ0v) is 16.5. The molecule has 3 rings (SSSR count). The van der Waals surface area contributed by atoms with Crippen molar-refractivity contribution >= 4 is 49.9 Å². The topological polar surface area (TPSA) is 127 Å². The van der Waals surface area contributed by atoms with Crippen LogP contribution in [0, 0.1) is 0 Å². The van der Waals surface area contributed by atoms with Crippen LogP contribution in [-0.4, -0.2) is 36.7 Å². The number of carbonyl (C=O) groups excluding carboxylic acids is 1. The highest BCUT2D eigenvalue weighted by Crippen LogP contribution is 2.24. The molecule has 3 aromatic heterocycles. The third-order valence-corrected chi connectivity index (χ3v) is 5.64. The van der Waals surface area contributed by atoms with Crippen molar-refractivity contribution in [3.8, 4) is 0 Å². The molecular formula is C16H17N5O4S2. The minimum atomic E-state index is -1.20. The zero-order chi connectivity index (χ0) is 19.7. The molecule has 0 aliphatic rings. The summed E-state index contributed by atoms with van der Waals surface area (Å²) in [5.74, 6) is -1.35. The summed E-state index contributed by atoms with van der Waals surface area (Å²) in [7, 11) is 0. The lowest BCUT2D eigenvalue weighted by Crippen LogP contribution is -2.32. The molecule has 0 radical (unpaired) electrons. The Morgan fingerprint density at radius 2 is 2.07 bits per heavy atom. The Bertz CT molecular complexity index is 1080. The van der Waals surface area contributed by atoms with Crippen molar-refractivity contribution in [3.05, 3.63) is 32.1 Å². The maximum atomic E-state index is 12.9. The van der Waals surface area contributed by atoms with E-state index in [-0.39, 0.29) is 23.4 Å². The van der Waals surface area contributed by atoms with Crippen molar-refractivity contribution in [1.82, 2.24) is 19.7 Å². The first kappa shape index (κ1) is 19.1. The van der Waals surface area contributed by atoms with Gasteiger partial charge in [0.2, 0.25) is 11.0 Å². The van der Waals surface area contributed by atoms with Gasteiger partial charge in [0, 0.05) is 11.3 Å². The summed E-state index contributed by atoms with van der Waals surface area (Å²) < 4.78 is 1.23. The Hall–Kier alpha value is -2.66. The Morgan fingerprint density at radius 3 is 2.67 bits per heavy atom. The predicted molar refractivity (Wildman–Crippen MR) is 103 cm³/mol. The molecule has 0 atom stereocenters. The lowest BCUT2D eigenvalue weighted by atomic mass is 10.2. The van der Waals surface area contributed by atoms with Gasteiger partial charge in [-0.25, -0.2) is 9.78 Å². The molecule has 0 fully saturated rings. The number of aromatic nitrogens is 4. The number of rotatable bonds is 6. The molecule has 0 aliphatic heterocycles. The number of hydrogen-bond donors (Lipinski definition) is 2. The molecule has 2 N–H and O–H groups in total. The Morgan fingerprint density at radius 1 is 1.33 bits per heavy atom. The first-order valence-electron chi connectivity index (χ1n) is 8.19. The fourth-order valence-corrected chi connectivity index (χ4v) is 4.15. The second kappa shape index (κ2) is 7.53. The number of amides is 1. The van der Waals surface area contributed by atoms with E-state index < -0.39 is 17.4 Å². The lowest BCUT2D eigenvalue weighted by molar-refractivity contribution is -0.116. The molecule has 0 aromatic carbocycles. The van der Waals surface area contributed by atoms with E-state index in [0.29, 0.717) is 22.2 Å². The number of fused-ring (bicyclic) bond motifs is 1. The molecule has 27 heavy (non-hydrogen) atoms. The monoisotopic (exact) mass is 407 g/mol. The number of aromatic carboxylic acids is 1. The molecule has 0 bridgehead atoms. The first-order valence-corrected chi connectivity index (χ1v) is 9.88. The summed E-state index contributed by atoms with van der Waals surface area (Å²) in [5, 5.41) is 22.3. The van der Waals surface area contributed by atoms with Crippen LogP contribution >= 0.6 is 22.7 Å². The quantitative estimate of drug-likeness (QED) is 0.642. The highest BCUT2D eigenvalue weighted by atomic mass is 32.1. The third kappa shape index (κ3) is 3.74. The van der Waals surface area contributed by atoms with Gasteiger partial charge in [0.05, 0.1) is 10.9 Å². The van der Waals surface area contributed by atoms with Crippen molar-refractivity contribution < 1.29 is 14.7 Å². The predicted octanol–water partition coefficient (Wildman–Crippen LogP) is 2.33. The van der Waals surface area contributed by atoms with E-state index in [4.69, 9.17) is 0 Å². The summed E-state index contributed by atoms with van der Waals surface area (Å²) in [6.45, 7) is 5.35. The number of carboxylic acids is 1. The second-order valence-electron chi connectivity index (χ2n) is 6.05. The van der Waals surface area contributed by atoms with Crippen LogP contribution in [0.15, 0.2) is 10.2 Å². The van der Waals surface area contributed by atoms with Gasteiger partial charge in [0.1, 0.15) is 22.2 Å².